The normalized spacial score (nSPS) is 13.2. The van der Waals surface area contributed by atoms with Gasteiger partial charge in [-0.3, -0.25) is 9.59 Å². The summed E-state index contributed by atoms with van der Waals surface area (Å²) in [5.74, 6) is -0.268. The van der Waals surface area contributed by atoms with Crippen molar-refractivity contribution in [3.8, 4) is 5.75 Å². The molecule has 3 N–H and O–H groups in total. The first-order chi connectivity index (χ1) is 9.15. The van der Waals surface area contributed by atoms with E-state index in [9.17, 15) is 9.59 Å². The summed E-state index contributed by atoms with van der Waals surface area (Å²) >= 11 is 0. The fraction of sp³-hybridized carbons (Fsp3) is 0.385. The van der Waals surface area contributed by atoms with E-state index in [1.54, 1.807) is 6.07 Å². The molecular weight excluding hydrogens is 248 g/mol. The third kappa shape index (κ3) is 3.87. The Labute approximate surface area is 110 Å². The minimum absolute atomic E-state index is 0.0506. The zero-order valence-corrected chi connectivity index (χ0v) is 10.4. The number of carboxylic acid groups (broad SMARTS) is 1. The van der Waals surface area contributed by atoms with E-state index in [2.05, 4.69) is 10.6 Å². The number of nitrogens with one attached hydrogen (secondary N) is 2. The number of carboxylic acids is 1. The maximum absolute atomic E-state index is 11.2. The number of aliphatic carboxylic acids is 1. The number of rotatable bonds is 6. The van der Waals surface area contributed by atoms with E-state index in [1.165, 1.54) is 0 Å². The number of anilines is 2. The average molecular weight is 264 g/mol. The Hall–Kier alpha value is -2.24. The summed E-state index contributed by atoms with van der Waals surface area (Å²) in [5, 5.41) is 14.4. The maximum atomic E-state index is 11.2. The monoisotopic (exact) mass is 264 g/mol. The second kappa shape index (κ2) is 6.08. The van der Waals surface area contributed by atoms with Crippen LogP contribution in [0.5, 0.6) is 5.75 Å². The molecular formula is C13H16N2O4. The van der Waals surface area contributed by atoms with Gasteiger partial charge in [0.25, 0.3) is 5.91 Å². The molecule has 1 heterocycles. The Morgan fingerprint density at radius 1 is 1.42 bits per heavy atom. The van der Waals surface area contributed by atoms with E-state index in [-0.39, 0.29) is 18.9 Å². The van der Waals surface area contributed by atoms with Gasteiger partial charge in [-0.05, 0) is 31.0 Å². The minimum Gasteiger partial charge on any atom is -0.482 e. The fourth-order valence-corrected chi connectivity index (χ4v) is 1.83. The van der Waals surface area contributed by atoms with Crippen molar-refractivity contribution in [3.63, 3.8) is 0 Å². The first-order valence-electron chi connectivity index (χ1n) is 6.17. The zero-order chi connectivity index (χ0) is 13.7. The van der Waals surface area contributed by atoms with Gasteiger partial charge in [-0.1, -0.05) is 0 Å². The molecule has 0 unspecified atom stereocenters. The van der Waals surface area contributed by atoms with Gasteiger partial charge in [0, 0.05) is 18.7 Å². The predicted octanol–water partition coefficient (Wildman–Crippen LogP) is 1.68. The lowest BCUT2D eigenvalue weighted by atomic mass is 10.2. The molecule has 1 aromatic rings. The summed E-state index contributed by atoms with van der Waals surface area (Å²) in [5.41, 5.74) is 1.53. The van der Waals surface area contributed by atoms with E-state index in [0.29, 0.717) is 24.4 Å². The number of fused-ring (bicyclic) bond motifs is 1. The van der Waals surface area contributed by atoms with Crippen LogP contribution in [0.4, 0.5) is 11.4 Å². The highest BCUT2D eigenvalue weighted by atomic mass is 16.5. The smallest absolute Gasteiger partial charge is 0.303 e. The van der Waals surface area contributed by atoms with E-state index in [4.69, 9.17) is 9.84 Å². The number of carbonyl (C=O) groups excluding carboxylic acids is 1. The molecule has 0 atom stereocenters. The standard InChI is InChI=1S/C13H16N2O4/c16-12-8-19-11-5-4-9(7-10(11)15-12)14-6-2-1-3-13(17)18/h4-5,7,14H,1-3,6,8H2,(H,15,16)(H,17,18). The van der Waals surface area contributed by atoms with Crippen LogP contribution in [0.1, 0.15) is 19.3 Å². The number of ether oxygens (including phenoxy) is 1. The summed E-state index contributed by atoms with van der Waals surface area (Å²) in [6.07, 6.45) is 1.62. The largest absolute Gasteiger partial charge is 0.482 e. The van der Waals surface area contributed by atoms with Crippen LogP contribution in [0, 0.1) is 0 Å². The summed E-state index contributed by atoms with van der Waals surface area (Å²) in [6, 6.07) is 5.48. The van der Waals surface area contributed by atoms with Crippen molar-refractivity contribution in [2.24, 2.45) is 0 Å². The average Bonchev–Trinajstić information content (AvgIpc) is 2.37. The molecule has 0 fully saturated rings. The number of hydrogen-bond acceptors (Lipinski definition) is 4. The SMILES string of the molecule is O=C(O)CCCCNc1ccc2c(c1)NC(=O)CO2. The van der Waals surface area contributed by atoms with Gasteiger partial charge in [0.2, 0.25) is 0 Å². The first-order valence-corrected chi connectivity index (χ1v) is 6.17. The molecule has 0 bridgehead atoms. The number of carbonyl (C=O) groups is 2. The third-order valence-corrected chi connectivity index (χ3v) is 2.76. The van der Waals surface area contributed by atoms with Gasteiger partial charge in [-0.25, -0.2) is 0 Å². The summed E-state index contributed by atoms with van der Waals surface area (Å²) in [4.78, 5) is 21.5. The highest BCUT2D eigenvalue weighted by Gasteiger charge is 2.15. The molecule has 2 rings (SSSR count). The van der Waals surface area contributed by atoms with Crippen LogP contribution in [0.3, 0.4) is 0 Å². The minimum atomic E-state index is -0.770. The van der Waals surface area contributed by atoms with Crippen LogP contribution < -0.4 is 15.4 Å². The predicted molar refractivity (Wildman–Crippen MR) is 70.5 cm³/mol. The lowest BCUT2D eigenvalue weighted by molar-refractivity contribution is -0.137. The van der Waals surface area contributed by atoms with E-state index < -0.39 is 5.97 Å². The number of hydrogen-bond donors (Lipinski definition) is 3. The van der Waals surface area contributed by atoms with E-state index in [0.717, 1.165) is 12.1 Å². The van der Waals surface area contributed by atoms with Crippen molar-refractivity contribution in [1.29, 1.82) is 0 Å². The Kier molecular flexibility index (Phi) is 4.22. The highest BCUT2D eigenvalue weighted by Crippen LogP contribution is 2.30. The molecule has 0 aliphatic carbocycles. The van der Waals surface area contributed by atoms with Gasteiger partial charge >= 0.3 is 5.97 Å². The van der Waals surface area contributed by atoms with Crippen LogP contribution in [0.25, 0.3) is 0 Å². The van der Waals surface area contributed by atoms with Crippen LogP contribution >= 0.6 is 0 Å². The summed E-state index contributed by atoms with van der Waals surface area (Å²) in [6.45, 7) is 0.746. The van der Waals surface area contributed by atoms with Crippen LogP contribution in [0.2, 0.25) is 0 Å². The molecule has 0 saturated carbocycles. The van der Waals surface area contributed by atoms with Crippen molar-refractivity contribution < 1.29 is 19.4 Å². The second-order valence-corrected chi connectivity index (χ2v) is 4.33. The zero-order valence-electron chi connectivity index (χ0n) is 10.4. The molecule has 1 aliphatic heterocycles. The Morgan fingerprint density at radius 2 is 2.26 bits per heavy atom. The maximum Gasteiger partial charge on any atom is 0.303 e. The molecule has 19 heavy (non-hydrogen) atoms. The van der Waals surface area contributed by atoms with E-state index in [1.807, 2.05) is 12.1 Å². The van der Waals surface area contributed by atoms with Crippen molar-refractivity contribution in [2.45, 2.75) is 19.3 Å². The Balaban J connectivity index is 1.83. The second-order valence-electron chi connectivity index (χ2n) is 4.33. The molecule has 0 aromatic heterocycles. The van der Waals surface area contributed by atoms with Gasteiger partial charge in [0.1, 0.15) is 5.75 Å². The van der Waals surface area contributed by atoms with Crippen LogP contribution in [0.15, 0.2) is 18.2 Å². The van der Waals surface area contributed by atoms with Gasteiger partial charge in [0.05, 0.1) is 5.69 Å². The third-order valence-electron chi connectivity index (χ3n) is 2.76. The highest BCUT2D eigenvalue weighted by molar-refractivity contribution is 5.96. The lowest BCUT2D eigenvalue weighted by Crippen LogP contribution is -2.25. The first kappa shape index (κ1) is 13.2. The van der Waals surface area contributed by atoms with Crippen molar-refractivity contribution >= 4 is 23.3 Å². The molecule has 102 valence electrons. The van der Waals surface area contributed by atoms with Gasteiger partial charge in [-0.2, -0.15) is 0 Å². The van der Waals surface area contributed by atoms with Crippen molar-refractivity contribution in [2.75, 3.05) is 23.8 Å². The Morgan fingerprint density at radius 3 is 3.05 bits per heavy atom. The molecule has 0 saturated heterocycles. The van der Waals surface area contributed by atoms with Crippen molar-refractivity contribution in [1.82, 2.24) is 0 Å². The fourth-order valence-electron chi connectivity index (χ4n) is 1.83. The molecule has 6 nitrogen and oxygen atoms in total. The summed E-state index contributed by atoms with van der Waals surface area (Å²) < 4.78 is 5.26. The molecule has 1 aromatic carbocycles. The molecule has 1 amide bonds. The van der Waals surface area contributed by atoms with Gasteiger partial charge < -0.3 is 20.5 Å². The molecule has 1 aliphatic rings. The van der Waals surface area contributed by atoms with E-state index >= 15 is 0 Å². The quantitative estimate of drug-likeness (QED) is 0.680. The van der Waals surface area contributed by atoms with Gasteiger partial charge in [0.15, 0.2) is 6.61 Å². The topological polar surface area (TPSA) is 87.7 Å². The molecule has 0 spiro atoms. The molecule has 0 radical (unpaired) electrons. The van der Waals surface area contributed by atoms with Crippen LogP contribution in [-0.4, -0.2) is 30.1 Å². The number of unbranched alkanes of at least 4 members (excludes halogenated alkanes) is 1. The van der Waals surface area contributed by atoms with Crippen LogP contribution in [-0.2, 0) is 9.59 Å². The Bertz CT molecular complexity index is 488. The number of benzene rings is 1. The van der Waals surface area contributed by atoms with Crippen molar-refractivity contribution in [3.05, 3.63) is 18.2 Å². The lowest BCUT2D eigenvalue weighted by Gasteiger charge is -2.18. The summed E-state index contributed by atoms with van der Waals surface area (Å²) in [7, 11) is 0. The molecule has 6 heteroatoms. The van der Waals surface area contributed by atoms with Gasteiger partial charge in [-0.15, -0.1) is 0 Å². The number of amides is 1.